The number of aromatic amines is 1. The van der Waals surface area contributed by atoms with E-state index in [4.69, 9.17) is 4.98 Å². The monoisotopic (exact) mass is 402 g/mol. The van der Waals surface area contributed by atoms with Crippen LogP contribution < -0.4 is 5.32 Å². The number of nitrogens with one attached hydrogen (secondary N) is 2. The minimum atomic E-state index is 0.0178. The summed E-state index contributed by atoms with van der Waals surface area (Å²) in [7, 11) is 0. The van der Waals surface area contributed by atoms with Crippen LogP contribution in [0.5, 0.6) is 0 Å². The van der Waals surface area contributed by atoms with Crippen molar-refractivity contribution in [3.05, 3.63) is 71.7 Å². The Morgan fingerprint density at radius 2 is 2.13 bits per heavy atom. The normalized spacial score (nSPS) is 16.7. The number of piperidine rings is 1. The molecule has 0 saturated carbocycles. The number of carbonyl (C=O) groups is 1. The predicted molar refractivity (Wildman–Crippen MR) is 117 cm³/mol. The lowest BCUT2D eigenvalue weighted by Crippen LogP contribution is -2.38. The molecule has 3 aromatic heterocycles. The average Bonchev–Trinajstić information content (AvgIpc) is 3.25. The molecule has 0 aromatic carbocycles. The van der Waals surface area contributed by atoms with Gasteiger partial charge in [-0.25, -0.2) is 9.97 Å². The summed E-state index contributed by atoms with van der Waals surface area (Å²) in [4.78, 5) is 30.8. The summed E-state index contributed by atoms with van der Waals surface area (Å²) in [6, 6.07) is 10.0. The van der Waals surface area contributed by atoms with Crippen LogP contribution in [0.25, 0.3) is 6.08 Å². The first kappa shape index (κ1) is 19.8. The van der Waals surface area contributed by atoms with Crippen molar-refractivity contribution in [3.8, 4) is 0 Å². The number of nitrogens with zero attached hydrogens (tertiary/aromatic N) is 4. The Balaban J connectivity index is 1.47. The molecule has 1 aliphatic heterocycles. The fourth-order valence-electron chi connectivity index (χ4n) is 3.78. The lowest BCUT2D eigenvalue weighted by Gasteiger charge is -2.32. The Labute approximate surface area is 176 Å². The highest BCUT2D eigenvalue weighted by Gasteiger charge is 2.25. The molecular formula is C23H26N6O. The number of hydrogen-bond acceptors (Lipinski definition) is 5. The molecule has 0 bridgehead atoms. The third-order valence-electron chi connectivity index (χ3n) is 5.21. The van der Waals surface area contributed by atoms with Gasteiger partial charge in [-0.05, 0) is 57.0 Å². The zero-order valence-corrected chi connectivity index (χ0v) is 17.3. The number of hydrogen-bond donors (Lipinski definition) is 2. The van der Waals surface area contributed by atoms with Crippen LogP contribution in [0, 0.1) is 13.8 Å². The van der Waals surface area contributed by atoms with Gasteiger partial charge in [-0.3, -0.25) is 9.78 Å². The summed E-state index contributed by atoms with van der Waals surface area (Å²) in [6.45, 7) is 5.41. The van der Waals surface area contributed by atoms with E-state index in [1.807, 2.05) is 43.0 Å². The van der Waals surface area contributed by atoms with Crippen LogP contribution >= 0.6 is 0 Å². The highest BCUT2D eigenvalue weighted by Crippen LogP contribution is 2.28. The fraction of sp³-hybridized carbons (Fsp3) is 0.304. The summed E-state index contributed by atoms with van der Waals surface area (Å²) >= 11 is 0. The van der Waals surface area contributed by atoms with Gasteiger partial charge in [0, 0.05) is 47.9 Å². The van der Waals surface area contributed by atoms with Crippen LogP contribution in [0.1, 0.15) is 41.5 Å². The number of H-pyrrole nitrogens is 1. The van der Waals surface area contributed by atoms with Gasteiger partial charge in [0.05, 0.1) is 18.2 Å². The first-order valence-electron chi connectivity index (χ1n) is 10.2. The van der Waals surface area contributed by atoms with Gasteiger partial charge < -0.3 is 15.2 Å². The average molecular weight is 403 g/mol. The summed E-state index contributed by atoms with van der Waals surface area (Å²) < 4.78 is 0. The second-order valence-corrected chi connectivity index (χ2v) is 7.67. The molecule has 1 amide bonds. The first-order valence-corrected chi connectivity index (χ1v) is 10.2. The van der Waals surface area contributed by atoms with Gasteiger partial charge >= 0.3 is 0 Å². The maximum atomic E-state index is 12.6. The van der Waals surface area contributed by atoms with Crippen molar-refractivity contribution in [3.63, 3.8) is 0 Å². The molecule has 0 spiro atoms. The Hall–Kier alpha value is -3.48. The number of likely N-dealkylation sites (tertiary alicyclic amines) is 1. The Morgan fingerprint density at radius 1 is 1.23 bits per heavy atom. The molecule has 154 valence electrons. The van der Waals surface area contributed by atoms with Gasteiger partial charge in [0.25, 0.3) is 0 Å². The van der Waals surface area contributed by atoms with E-state index >= 15 is 0 Å². The van der Waals surface area contributed by atoms with Gasteiger partial charge in [-0.2, -0.15) is 0 Å². The van der Waals surface area contributed by atoms with Crippen molar-refractivity contribution in [2.24, 2.45) is 0 Å². The van der Waals surface area contributed by atoms with Gasteiger partial charge in [0.15, 0.2) is 0 Å². The third-order valence-corrected chi connectivity index (χ3v) is 5.21. The maximum Gasteiger partial charge on any atom is 0.246 e. The molecule has 1 atom stereocenters. The van der Waals surface area contributed by atoms with E-state index in [9.17, 15) is 4.79 Å². The van der Waals surface area contributed by atoms with E-state index in [1.165, 1.54) is 0 Å². The van der Waals surface area contributed by atoms with E-state index in [-0.39, 0.29) is 11.8 Å². The minimum Gasteiger partial charge on any atom is -0.345 e. The van der Waals surface area contributed by atoms with E-state index < -0.39 is 0 Å². The lowest BCUT2D eigenvalue weighted by molar-refractivity contribution is -0.127. The number of carbonyl (C=O) groups excluding carboxylic acids is 1. The van der Waals surface area contributed by atoms with E-state index in [2.05, 4.69) is 26.3 Å². The van der Waals surface area contributed by atoms with Crippen LogP contribution in [0.4, 0.5) is 11.5 Å². The predicted octanol–water partition coefficient (Wildman–Crippen LogP) is 3.98. The largest absolute Gasteiger partial charge is 0.345 e. The molecule has 3 aromatic rings. The third kappa shape index (κ3) is 4.92. The second kappa shape index (κ2) is 8.90. The summed E-state index contributed by atoms with van der Waals surface area (Å²) in [5.74, 6) is 1.05. The maximum absolute atomic E-state index is 12.6. The van der Waals surface area contributed by atoms with Gasteiger partial charge in [-0.1, -0.05) is 6.07 Å². The van der Waals surface area contributed by atoms with E-state index in [0.29, 0.717) is 6.54 Å². The molecule has 1 unspecified atom stereocenters. The molecule has 1 fully saturated rings. The van der Waals surface area contributed by atoms with Crippen LogP contribution in [0.2, 0.25) is 0 Å². The van der Waals surface area contributed by atoms with E-state index in [0.717, 1.165) is 53.7 Å². The van der Waals surface area contributed by atoms with Crippen molar-refractivity contribution in [1.82, 2.24) is 24.8 Å². The first-order chi connectivity index (χ1) is 14.6. The quantitative estimate of drug-likeness (QED) is 0.631. The number of amides is 1. The Kier molecular flexibility index (Phi) is 5.88. The van der Waals surface area contributed by atoms with Crippen LogP contribution in [-0.2, 0) is 4.79 Å². The van der Waals surface area contributed by atoms with Crippen molar-refractivity contribution < 1.29 is 4.79 Å². The van der Waals surface area contributed by atoms with Gasteiger partial charge in [0.1, 0.15) is 5.82 Å². The number of aromatic nitrogens is 4. The van der Waals surface area contributed by atoms with Crippen molar-refractivity contribution >= 4 is 23.5 Å². The molecule has 7 heteroatoms. The Bertz CT molecular complexity index is 1040. The summed E-state index contributed by atoms with van der Waals surface area (Å²) in [6.07, 6.45) is 8.65. The highest BCUT2D eigenvalue weighted by molar-refractivity contribution is 5.91. The molecule has 2 N–H and O–H groups in total. The highest BCUT2D eigenvalue weighted by atomic mass is 16.2. The summed E-state index contributed by atoms with van der Waals surface area (Å²) in [5, 5.41) is 3.38. The molecular weight excluding hydrogens is 376 g/mol. The molecule has 1 saturated heterocycles. The smallest absolute Gasteiger partial charge is 0.246 e. The standard InChI is InChI=1S/C23H26N6O/c1-16-5-3-7-22(27-16)28-20-11-17(2)26-21(12-20)18-6-4-10-29(14-18)23(30)9-8-19-13-24-15-25-19/h3,5,7-9,11-13,15,18H,4,6,10,14H2,1-2H3,(H,24,25)(H,26,27,28)/b9-8+. The molecule has 7 nitrogen and oxygen atoms in total. The fourth-order valence-corrected chi connectivity index (χ4v) is 3.78. The van der Waals surface area contributed by atoms with E-state index in [1.54, 1.807) is 24.7 Å². The topological polar surface area (TPSA) is 86.8 Å². The minimum absolute atomic E-state index is 0.0178. The van der Waals surface area contributed by atoms with Crippen molar-refractivity contribution in [2.75, 3.05) is 18.4 Å². The SMILES string of the molecule is Cc1cccc(Nc2cc(C)nc(C3CCCN(C(=O)/C=C/c4cnc[nH]4)C3)c2)n1. The van der Waals surface area contributed by atoms with Crippen molar-refractivity contribution in [1.29, 1.82) is 0 Å². The van der Waals surface area contributed by atoms with Crippen molar-refractivity contribution in [2.45, 2.75) is 32.6 Å². The number of rotatable bonds is 5. The number of aryl methyl sites for hydroxylation is 2. The zero-order valence-electron chi connectivity index (χ0n) is 17.3. The molecule has 0 radical (unpaired) electrons. The molecule has 4 heterocycles. The number of anilines is 2. The number of pyridine rings is 2. The van der Waals surface area contributed by atoms with Crippen LogP contribution in [0.15, 0.2) is 48.9 Å². The molecule has 0 aliphatic carbocycles. The van der Waals surface area contributed by atoms with Crippen LogP contribution in [-0.4, -0.2) is 43.8 Å². The summed E-state index contributed by atoms with van der Waals surface area (Å²) in [5.41, 5.74) is 4.72. The second-order valence-electron chi connectivity index (χ2n) is 7.67. The molecule has 30 heavy (non-hydrogen) atoms. The molecule has 4 rings (SSSR count). The Morgan fingerprint density at radius 3 is 2.93 bits per heavy atom. The van der Waals surface area contributed by atoms with Gasteiger partial charge in [-0.15, -0.1) is 0 Å². The van der Waals surface area contributed by atoms with Gasteiger partial charge in [0.2, 0.25) is 5.91 Å². The lowest BCUT2D eigenvalue weighted by atomic mass is 9.93. The number of imidazole rings is 1. The molecule has 1 aliphatic rings. The zero-order chi connectivity index (χ0) is 20.9. The van der Waals surface area contributed by atoms with Crippen LogP contribution in [0.3, 0.4) is 0 Å².